The summed E-state index contributed by atoms with van der Waals surface area (Å²) in [7, 11) is 0. The number of hydrogen-bond acceptors (Lipinski definition) is 7. The summed E-state index contributed by atoms with van der Waals surface area (Å²) in [6, 6.07) is 10.5. The van der Waals surface area contributed by atoms with Gasteiger partial charge in [-0.15, -0.1) is 11.3 Å². The van der Waals surface area contributed by atoms with E-state index in [1.807, 2.05) is 39.0 Å². The molecule has 3 N–H and O–H groups in total. The first-order chi connectivity index (χ1) is 17.7. The fraction of sp³-hybridized carbons (Fsp3) is 0.407. The molecule has 0 saturated heterocycles. The molecule has 1 aromatic carbocycles. The van der Waals surface area contributed by atoms with Crippen molar-refractivity contribution in [3.05, 3.63) is 58.4 Å². The quantitative estimate of drug-likeness (QED) is 0.281. The van der Waals surface area contributed by atoms with Gasteiger partial charge in [0.15, 0.2) is 0 Å². The van der Waals surface area contributed by atoms with Crippen molar-refractivity contribution in [2.75, 3.05) is 12.3 Å². The molecule has 0 spiro atoms. The smallest absolute Gasteiger partial charge is 0.407 e. The fourth-order valence-corrected chi connectivity index (χ4v) is 5.94. The zero-order chi connectivity index (χ0) is 26.2. The molecular weight excluding hydrogens is 508 g/mol. The zero-order valence-electron chi connectivity index (χ0n) is 21.2. The van der Waals surface area contributed by atoms with E-state index in [0.717, 1.165) is 53.0 Å². The molecule has 8 nitrogen and oxygen atoms in total. The van der Waals surface area contributed by atoms with Gasteiger partial charge in [0.25, 0.3) is 0 Å². The maximum absolute atomic E-state index is 12.1. The number of rotatable bonds is 6. The summed E-state index contributed by atoms with van der Waals surface area (Å²) in [5.74, 6) is 0.690. The molecule has 5 rings (SSSR count). The van der Waals surface area contributed by atoms with Gasteiger partial charge in [-0.25, -0.2) is 14.8 Å². The molecule has 1 aliphatic carbocycles. The van der Waals surface area contributed by atoms with Crippen LogP contribution in [0.15, 0.2) is 41.9 Å². The normalized spacial score (nSPS) is 17.8. The van der Waals surface area contributed by atoms with Gasteiger partial charge >= 0.3 is 6.09 Å². The molecule has 37 heavy (non-hydrogen) atoms. The van der Waals surface area contributed by atoms with Crippen LogP contribution in [0.25, 0.3) is 21.6 Å². The standard InChI is InChI=1S/C27H31ClN6O2S/c1-27(2,3)36-26(35)30-13-17-9-10-19(12-17)34-14-20(21-22(29)32-25(28)33-23(21)34)24-31-18(15-37-24)11-16-7-5-4-6-8-16/h4-8,14-15,17,19H,9-13H2,1-3H3,(H,30,35)(H2,29,32,33)/t17-,19+/m1/s1. The average Bonchev–Trinajstić information content (AvgIpc) is 3.55. The largest absolute Gasteiger partial charge is 0.444 e. The second-order valence-corrected chi connectivity index (χ2v) is 11.7. The molecule has 10 heteroatoms. The van der Waals surface area contributed by atoms with Gasteiger partial charge in [0.1, 0.15) is 22.1 Å². The van der Waals surface area contributed by atoms with Crippen LogP contribution in [-0.4, -0.2) is 37.8 Å². The molecule has 0 radical (unpaired) electrons. The first-order valence-electron chi connectivity index (χ1n) is 12.5. The minimum absolute atomic E-state index is 0.126. The number of ether oxygens (including phenoxy) is 1. The van der Waals surface area contributed by atoms with E-state index in [-0.39, 0.29) is 17.4 Å². The van der Waals surface area contributed by atoms with Crippen LogP contribution in [0.4, 0.5) is 10.6 Å². The monoisotopic (exact) mass is 538 g/mol. The Morgan fingerprint density at radius 1 is 1.22 bits per heavy atom. The highest BCUT2D eigenvalue weighted by Crippen LogP contribution is 2.41. The number of nitrogen functional groups attached to an aromatic ring is 1. The molecule has 0 unspecified atom stereocenters. The summed E-state index contributed by atoms with van der Waals surface area (Å²) in [5, 5.41) is 6.79. The molecule has 3 aromatic heterocycles. The Labute approximate surface area is 225 Å². The molecule has 194 valence electrons. The van der Waals surface area contributed by atoms with E-state index in [4.69, 9.17) is 27.1 Å². The van der Waals surface area contributed by atoms with E-state index in [9.17, 15) is 4.79 Å². The molecule has 1 fully saturated rings. The number of thiazole rings is 1. The Morgan fingerprint density at radius 3 is 2.76 bits per heavy atom. The number of halogens is 1. The maximum Gasteiger partial charge on any atom is 0.407 e. The molecule has 3 heterocycles. The summed E-state index contributed by atoms with van der Waals surface area (Å²) in [6.07, 6.45) is 5.32. The molecule has 0 bridgehead atoms. The number of alkyl carbamates (subject to hydrolysis) is 1. The zero-order valence-corrected chi connectivity index (χ0v) is 22.8. The first kappa shape index (κ1) is 25.5. The van der Waals surface area contributed by atoms with Crippen molar-refractivity contribution in [2.24, 2.45) is 5.92 Å². The van der Waals surface area contributed by atoms with E-state index >= 15 is 0 Å². The molecule has 2 atom stereocenters. The SMILES string of the molecule is CC(C)(C)OC(=O)NC[C@@H]1CC[C@H](n2cc(-c3nc(Cc4ccccc4)cs3)c3c(N)nc(Cl)nc32)C1. The number of fused-ring (bicyclic) bond motifs is 1. The van der Waals surface area contributed by atoms with Gasteiger partial charge in [0.2, 0.25) is 5.28 Å². The highest BCUT2D eigenvalue weighted by molar-refractivity contribution is 7.13. The lowest BCUT2D eigenvalue weighted by Gasteiger charge is -2.20. The number of aromatic nitrogens is 4. The number of hydrogen-bond donors (Lipinski definition) is 2. The van der Waals surface area contributed by atoms with Crippen LogP contribution < -0.4 is 11.1 Å². The van der Waals surface area contributed by atoms with Crippen LogP contribution in [0.5, 0.6) is 0 Å². The predicted molar refractivity (Wildman–Crippen MR) is 148 cm³/mol. The number of nitrogens with two attached hydrogens (primary N) is 1. The lowest BCUT2D eigenvalue weighted by molar-refractivity contribution is 0.0519. The highest BCUT2D eigenvalue weighted by atomic mass is 35.5. The van der Waals surface area contributed by atoms with Gasteiger partial charge in [-0.2, -0.15) is 4.98 Å². The van der Waals surface area contributed by atoms with Crippen molar-refractivity contribution in [1.82, 2.24) is 24.8 Å². The Morgan fingerprint density at radius 2 is 2.00 bits per heavy atom. The van der Waals surface area contributed by atoms with Gasteiger partial charge in [0, 0.05) is 36.1 Å². The molecule has 4 aromatic rings. The van der Waals surface area contributed by atoms with Crippen molar-refractivity contribution in [2.45, 2.75) is 58.1 Å². The second-order valence-electron chi connectivity index (χ2n) is 10.5. The van der Waals surface area contributed by atoms with Crippen LogP contribution in [0, 0.1) is 5.92 Å². The van der Waals surface area contributed by atoms with E-state index < -0.39 is 5.60 Å². The maximum atomic E-state index is 12.1. The molecule has 0 aliphatic heterocycles. The number of anilines is 1. The van der Waals surface area contributed by atoms with E-state index in [1.165, 1.54) is 5.56 Å². The third-order valence-electron chi connectivity index (χ3n) is 6.52. The van der Waals surface area contributed by atoms with Gasteiger partial charge in [-0.3, -0.25) is 0 Å². The predicted octanol–water partition coefficient (Wildman–Crippen LogP) is 6.25. The molecule has 1 aliphatic rings. The Hall–Kier alpha value is -3.17. The summed E-state index contributed by atoms with van der Waals surface area (Å²) < 4.78 is 7.55. The van der Waals surface area contributed by atoms with Crippen molar-refractivity contribution in [3.8, 4) is 10.6 Å². The fourth-order valence-electron chi connectivity index (χ4n) is 4.93. The van der Waals surface area contributed by atoms with Crippen LogP contribution >= 0.6 is 22.9 Å². The molecule has 1 amide bonds. The number of nitrogens with one attached hydrogen (secondary N) is 1. The third-order valence-corrected chi connectivity index (χ3v) is 7.62. The van der Waals surface area contributed by atoms with Crippen LogP contribution in [-0.2, 0) is 11.2 Å². The van der Waals surface area contributed by atoms with Gasteiger partial charge in [-0.05, 0) is 63.1 Å². The van der Waals surface area contributed by atoms with Crippen molar-refractivity contribution < 1.29 is 9.53 Å². The van der Waals surface area contributed by atoms with E-state index in [1.54, 1.807) is 11.3 Å². The molecule has 1 saturated carbocycles. The highest BCUT2D eigenvalue weighted by Gasteiger charge is 2.30. The van der Waals surface area contributed by atoms with Gasteiger partial charge < -0.3 is 20.4 Å². The second kappa shape index (κ2) is 10.3. The first-order valence-corrected chi connectivity index (χ1v) is 13.7. The number of carbonyl (C=O) groups is 1. The number of amides is 1. The van der Waals surface area contributed by atoms with Crippen LogP contribution in [0.2, 0.25) is 5.28 Å². The van der Waals surface area contributed by atoms with Crippen molar-refractivity contribution in [1.29, 1.82) is 0 Å². The van der Waals surface area contributed by atoms with Crippen molar-refractivity contribution in [3.63, 3.8) is 0 Å². The van der Waals surface area contributed by atoms with Crippen LogP contribution in [0.1, 0.15) is 57.3 Å². The minimum Gasteiger partial charge on any atom is -0.444 e. The third kappa shape index (κ3) is 5.88. The van der Waals surface area contributed by atoms with Gasteiger partial charge in [0.05, 0.1) is 11.1 Å². The Balaban J connectivity index is 1.38. The lowest BCUT2D eigenvalue weighted by Crippen LogP contribution is -2.34. The number of nitrogens with zero attached hydrogens (tertiary/aromatic N) is 4. The number of carbonyl (C=O) groups excluding carboxylic acids is 1. The average molecular weight is 539 g/mol. The Kier molecular flexibility index (Phi) is 7.09. The van der Waals surface area contributed by atoms with E-state index in [0.29, 0.717) is 18.3 Å². The van der Waals surface area contributed by atoms with Gasteiger partial charge in [-0.1, -0.05) is 30.3 Å². The summed E-state index contributed by atoms with van der Waals surface area (Å²) in [6.45, 7) is 6.15. The lowest BCUT2D eigenvalue weighted by atomic mass is 10.1. The summed E-state index contributed by atoms with van der Waals surface area (Å²) in [4.78, 5) is 25.8. The number of benzene rings is 1. The van der Waals surface area contributed by atoms with Crippen molar-refractivity contribution >= 4 is 45.9 Å². The summed E-state index contributed by atoms with van der Waals surface area (Å²) in [5.41, 5.74) is 9.71. The molecular formula is C27H31ClN6O2S. The van der Waals surface area contributed by atoms with E-state index in [2.05, 4.69) is 43.6 Å². The summed E-state index contributed by atoms with van der Waals surface area (Å²) >= 11 is 7.82. The Bertz CT molecular complexity index is 1410. The van der Waals surface area contributed by atoms with Crippen LogP contribution in [0.3, 0.4) is 0 Å². The topological polar surface area (TPSA) is 108 Å². The minimum atomic E-state index is -0.515.